The highest BCUT2D eigenvalue weighted by Crippen LogP contribution is 2.28. The Morgan fingerprint density at radius 1 is 0.909 bits per heavy atom. The molecule has 0 aliphatic heterocycles. The van der Waals surface area contributed by atoms with E-state index in [1.807, 2.05) is 5.32 Å². The Bertz CT molecular complexity index is 614. The zero-order valence-corrected chi connectivity index (χ0v) is 11.5. The maximum absolute atomic E-state index is 12.5. The molecule has 2 aromatic rings. The molecule has 2 rings (SSSR count). The van der Waals surface area contributed by atoms with Crippen LogP contribution in [0.2, 0.25) is 0 Å². The Hall–Kier alpha value is -2.34. The predicted molar refractivity (Wildman–Crippen MR) is 76.8 cm³/mol. The molecule has 2 unspecified atom stereocenters. The molecule has 22 heavy (non-hydrogen) atoms. The average Bonchev–Trinajstić information content (AvgIpc) is 2.52. The SMILES string of the molecule is NC(c1ccccc1)C(NC(=O)C(F)(F)F)c1ccccc1. The second-order valence-corrected chi connectivity index (χ2v) is 4.80. The van der Waals surface area contributed by atoms with Gasteiger partial charge >= 0.3 is 12.1 Å². The van der Waals surface area contributed by atoms with E-state index in [-0.39, 0.29) is 0 Å². The van der Waals surface area contributed by atoms with Crippen LogP contribution in [0.1, 0.15) is 23.2 Å². The maximum Gasteiger partial charge on any atom is 0.471 e. The lowest BCUT2D eigenvalue weighted by Crippen LogP contribution is -2.42. The van der Waals surface area contributed by atoms with E-state index >= 15 is 0 Å². The standard InChI is InChI=1S/C16H15F3N2O/c17-16(18,19)15(22)21-14(12-9-5-2-6-10-12)13(20)11-7-3-1-4-8-11/h1-10,13-14H,20H2,(H,21,22). The molecule has 3 nitrogen and oxygen atoms in total. The summed E-state index contributed by atoms with van der Waals surface area (Å²) < 4.78 is 37.6. The van der Waals surface area contributed by atoms with Crippen molar-refractivity contribution >= 4 is 5.91 Å². The van der Waals surface area contributed by atoms with Gasteiger partial charge in [-0.05, 0) is 11.1 Å². The van der Waals surface area contributed by atoms with Crippen LogP contribution >= 0.6 is 0 Å². The topological polar surface area (TPSA) is 55.1 Å². The molecule has 6 heteroatoms. The summed E-state index contributed by atoms with van der Waals surface area (Å²) in [6, 6.07) is 15.3. The summed E-state index contributed by atoms with van der Waals surface area (Å²) in [6.45, 7) is 0. The number of hydrogen-bond acceptors (Lipinski definition) is 2. The molecule has 0 fully saturated rings. The van der Waals surface area contributed by atoms with Crippen LogP contribution in [0.5, 0.6) is 0 Å². The Labute approximate surface area is 125 Å². The van der Waals surface area contributed by atoms with Gasteiger partial charge in [-0.1, -0.05) is 60.7 Å². The van der Waals surface area contributed by atoms with Crippen LogP contribution < -0.4 is 11.1 Å². The number of nitrogens with one attached hydrogen (secondary N) is 1. The predicted octanol–water partition coefficient (Wildman–Crippen LogP) is 3.11. The molecule has 1 amide bonds. The minimum absolute atomic E-state index is 0.511. The number of rotatable bonds is 4. The fourth-order valence-electron chi connectivity index (χ4n) is 2.13. The van der Waals surface area contributed by atoms with Gasteiger partial charge in [-0.25, -0.2) is 0 Å². The zero-order valence-electron chi connectivity index (χ0n) is 11.5. The highest BCUT2D eigenvalue weighted by Gasteiger charge is 2.40. The lowest BCUT2D eigenvalue weighted by molar-refractivity contribution is -0.174. The van der Waals surface area contributed by atoms with E-state index in [2.05, 4.69) is 0 Å². The Kier molecular flexibility index (Phi) is 4.82. The monoisotopic (exact) mass is 308 g/mol. The van der Waals surface area contributed by atoms with Crippen molar-refractivity contribution in [3.63, 3.8) is 0 Å². The molecular formula is C16H15F3N2O. The zero-order chi connectivity index (χ0) is 16.2. The highest BCUT2D eigenvalue weighted by molar-refractivity contribution is 5.82. The van der Waals surface area contributed by atoms with Crippen molar-refractivity contribution in [2.24, 2.45) is 5.73 Å². The molecule has 0 aromatic heterocycles. The minimum Gasteiger partial charge on any atom is -0.340 e. The third kappa shape index (κ3) is 3.85. The van der Waals surface area contributed by atoms with Crippen molar-refractivity contribution < 1.29 is 18.0 Å². The van der Waals surface area contributed by atoms with E-state index in [0.717, 1.165) is 0 Å². The van der Waals surface area contributed by atoms with Crippen LogP contribution in [0.15, 0.2) is 60.7 Å². The fourth-order valence-corrected chi connectivity index (χ4v) is 2.13. The lowest BCUT2D eigenvalue weighted by Gasteiger charge is -2.26. The van der Waals surface area contributed by atoms with Crippen LogP contribution in [-0.2, 0) is 4.79 Å². The van der Waals surface area contributed by atoms with E-state index < -0.39 is 24.2 Å². The fraction of sp³-hybridized carbons (Fsp3) is 0.188. The van der Waals surface area contributed by atoms with Gasteiger partial charge < -0.3 is 11.1 Å². The quantitative estimate of drug-likeness (QED) is 0.912. The summed E-state index contributed by atoms with van der Waals surface area (Å²) >= 11 is 0. The number of benzene rings is 2. The van der Waals surface area contributed by atoms with Crippen LogP contribution in [-0.4, -0.2) is 12.1 Å². The number of alkyl halides is 3. The number of carbonyl (C=O) groups excluding carboxylic acids is 1. The molecule has 2 atom stereocenters. The molecule has 3 N–H and O–H groups in total. The van der Waals surface area contributed by atoms with Crippen LogP contribution in [0, 0.1) is 0 Å². The number of halogens is 3. The third-order valence-electron chi connectivity index (χ3n) is 3.25. The third-order valence-corrected chi connectivity index (χ3v) is 3.25. The Morgan fingerprint density at radius 3 is 1.82 bits per heavy atom. The molecular weight excluding hydrogens is 293 g/mol. The van der Waals surface area contributed by atoms with E-state index in [1.54, 1.807) is 60.7 Å². The van der Waals surface area contributed by atoms with Crippen LogP contribution in [0.25, 0.3) is 0 Å². The van der Waals surface area contributed by atoms with Crippen molar-refractivity contribution in [3.8, 4) is 0 Å². The van der Waals surface area contributed by atoms with Crippen molar-refractivity contribution in [1.29, 1.82) is 0 Å². The van der Waals surface area contributed by atoms with E-state index in [1.165, 1.54) is 0 Å². The highest BCUT2D eigenvalue weighted by atomic mass is 19.4. The number of carbonyl (C=O) groups is 1. The normalized spacial score (nSPS) is 14.2. The van der Waals surface area contributed by atoms with Gasteiger partial charge in [0.1, 0.15) is 0 Å². The molecule has 0 aliphatic rings. The number of hydrogen-bond donors (Lipinski definition) is 2. The molecule has 2 aromatic carbocycles. The largest absolute Gasteiger partial charge is 0.471 e. The van der Waals surface area contributed by atoms with Crippen LogP contribution in [0.4, 0.5) is 13.2 Å². The van der Waals surface area contributed by atoms with Crippen molar-refractivity contribution in [1.82, 2.24) is 5.32 Å². The average molecular weight is 308 g/mol. The van der Waals surface area contributed by atoms with Gasteiger partial charge in [0.05, 0.1) is 12.1 Å². The van der Waals surface area contributed by atoms with Gasteiger partial charge in [-0.3, -0.25) is 4.79 Å². The second kappa shape index (κ2) is 6.62. The molecule has 0 bridgehead atoms. The summed E-state index contributed by atoms with van der Waals surface area (Å²) in [4.78, 5) is 11.3. The molecule has 0 saturated heterocycles. The van der Waals surface area contributed by atoms with Gasteiger partial charge in [0, 0.05) is 0 Å². The Balaban J connectivity index is 2.32. The summed E-state index contributed by atoms with van der Waals surface area (Å²) in [5.74, 6) is -2.01. The molecule has 0 aliphatic carbocycles. The smallest absolute Gasteiger partial charge is 0.340 e. The van der Waals surface area contributed by atoms with Crippen molar-refractivity contribution in [2.45, 2.75) is 18.3 Å². The molecule has 116 valence electrons. The van der Waals surface area contributed by atoms with Gasteiger partial charge in [0.25, 0.3) is 0 Å². The molecule has 0 saturated carbocycles. The van der Waals surface area contributed by atoms with Gasteiger partial charge in [-0.15, -0.1) is 0 Å². The van der Waals surface area contributed by atoms with Crippen LogP contribution in [0.3, 0.4) is 0 Å². The van der Waals surface area contributed by atoms with Gasteiger partial charge in [-0.2, -0.15) is 13.2 Å². The molecule has 0 spiro atoms. The first-order valence-electron chi connectivity index (χ1n) is 6.63. The van der Waals surface area contributed by atoms with E-state index in [9.17, 15) is 18.0 Å². The first kappa shape index (κ1) is 16.0. The number of nitrogens with two attached hydrogens (primary N) is 1. The summed E-state index contributed by atoms with van der Waals surface area (Å²) in [5.41, 5.74) is 7.23. The number of amides is 1. The summed E-state index contributed by atoms with van der Waals surface area (Å²) in [6.07, 6.45) is -4.95. The van der Waals surface area contributed by atoms with E-state index in [0.29, 0.717) is 11.1 Å². The second-order valence-electron chi connectivity index (χ2n) is 4.80. The summed E-state index contributed by atoms with van der Waals surface area (Å²) in [5, 5.41) is 1.98. The van der Waals surface area contributed by atoms with Gasteiger partial charge in [0.2, 0.25) is 0 Å². The van der Waals surface area contributed by atoms with Crippen molar-refractivity contribution in [3.05, 3.63) is 71.8 Å². The summed E-state index contributed by atoms with van der Waals surface area (Å²) in [7, 11) is 0. The Morgan fingerprint density at radius 2 is 1.36 bits per heavy atom. The first-order chi connectivity index (χ1) is 10.4. The minimum atomic E-state index is -4.95. The van der Waals surface area contributed by atoms with E-state index in [4.69, 9.17) is 5.73 Å². The first-order valence-corrected chi connectivity index (χ1v) is 6.63. The molecule has 0 radical (unpaired) electrons. The maximum atomic E-state index is 12.5. The lowest BCUT2D eigenvalue weighted by atomic mass is 9.94. The van der Waals surface area contributed by atoms with Crippen molar-refractivity contribution in [2.75, 3.05) is 0 Å². The molecule has 0 heterocycles. The van der Waals surface area contributed by atoms with Gasteiger partial charge in [0.15, 0.2) is 0 Å².